The predicted molar refractivity (Wildman–Crippen MR) is 81.2 cm³/mol. The number of alkyl halides is 1. The fraction of sp³-hybridized carbons (Fsp3) is 0.286. The van der Waals surface area contributed by atoms with E-state index in [-0.39, 0.29) is 5.91 Å². The fourth-order valence-corrected chi connectivity index (χ4v) is 2.81. The molecule has 1 aromatic heterocycles. The van der Waals surface area contributed by atoms with Crippen molar-refractivity contribution in [2.75, 3.05) is 16.8 Å². The molecule has 20 heavy (non-hydrogen) atoms. The number of amides is 1. The van der Waals surface area contributed by atoms with Crippen LogP contribution in [0.3, 0.4) is 0 Å². The molecule has 0 aliphatic carbocycles. The standard InChI is InChI=1S/C14H12BrClN2O2/c15-7-9-5-13(19)18(8-9)14-6-12(17-20-14)10-1-3-11(16)4-2-10/h1-4,6,9H,5,7-8H2. The molecule has 0 saturated carbocycles. The Labute approximate surface area is 129 Å². The summed E-state index contributed by atoms with van der Waals surface area (Å²) >= 11 is 9.27. The molecule has 1 aromatic carbocycles. The number of hydrogen-bond acceptors (Lipinski definition) is 3. The van der Waals surface area contributed by atoms with Gasteiger partial charge in [0.05, 0.1) is 0 Å². The highest BCUT2D eigenvalue weighted by molar-refractivity contribution is 9.09. The first-order valence-electron chi connectivity index (χ1n) is 6.26. The van der Waals surface area contributed by atoms with Gasteiger partial charge in [-0.3, -0.25) is 9.69 Å². The minimum atomic E-state index is 0.0771. The van der Waals surface area contributed by atoms with E-state index in [1.165, 1.54) is 0 Å². The van der Waals surface area contributed by atoms with Crippen LogP contribution in [0, 0.1) is 5.92 Å². The maximum atomic E-state index is 11.9. The van der Waals surface area contributed by atoms with Crippen molar-refractivity contribution in [3.8, 4) is 11.3 Å². The Bertz CT molecular complexity index is 626. The number of nitrogens with zero attached hydrogens (tertiary/aromatic N) is 2. The summed E-state index contributed by atoms with van der Waals surface area (Å²) in [6.45, 7) is 0.666. The molecule has 0 N–H and O–H groups in total. The first kappa shape index (κ1) is 13.6. The predicted octanol–water partition coefficient (Wildman–Crippen LogP) is 3.74. The lowest BCUT2D eigenvalue weighted by molar-refractivity contribution is -0.117. The quantitative estimate of drug-likeness (QED) is 0.788. The van der Waals surface area contributed by atoms with Crippen molar-refractivity contribution in [1.29, 1.82) is 0 Å². The Morgan fingerprint density at radius 3 is 2.80 bits per heavy atom. The molecule has 1 amide bonds. The molecule has 1 saturated heterocycles. The van der Waals surface area contributed by atoms with Gasteiger partial charge in [-0.05, 0) is 18.1 Å². The first-order chi connectivity index (χ1) is 9.67. The molecule has 3 rings (SSSR count). The zero-order chi connectivity index (χ0) is 14.1. The number of rotatable bonds is 3. The monoisotopic (exact) mass is 354 g/mol. The summed E-state index contributed by atoms with van der Waals surface area (Å²) in [7, 11) is 0. The number of aromatic nitrogens is 1. The van der Waals surface area contributed by atoms with Crippen LogP contribution in [0.4, 0.5) is 5.88 Å². The van der Waals surface area contributed by atoms with Crippen LogP contribution in [0.1, 0.15) is 6.42 Å². The Morgan fingerprint density at radius 2 is 2.15 bits per heavy atom. The van der Waals surface area contributed by atoms with E-state index < -0.39 is 0 Å². The van der Waals surface area contributed by atoms with Crippen molar-refractivity contribution in [2.24, 2.45) is 5.92 Å². The Hall–Kier alpha value is -1.33. The molecule has 0 spiro atoms. The van der Waals surface area contributed by atoms with E-state index in [1.807, 2.05) is 12.1 Å². The summed E-state index contributed by atoms with van der Waals surface area (Å²) in [5, 5.41) is 5.51. The van der Waals surface area contributed by atoms with Gasteiger partial charge in [0.25, 0.3) is 0 Å². The third-order valence-corrected chi connectivity index (χ3v) is 4.49. The van der Waals surface area contributed by atoms with E-state index in [9.17, 15) is 4.79 Å². The number of halogens is 2. The summed E-state index contributed by atoms with van der Waals surface area (Å²) < 4.78 is 5.30. The molecular formula is C14H12BrClN2O2. The Morgan fingerprint density at radius 1 is 1.40 bits per heavy atom. The molecule has 1 aliphatic heterocycles. The highest BCUT2D eigenvalue weighted by Crippen LogP contribution is 2.30. The number of anilines is 1. The van der Waals surface area contributed by atoms with E-state index >= 15 is 0 Å². The minimum Gasteiger partial charge on any atom is -0.338 e. The molecule has 0 bridgehead atoms. The molecule has 4 nitrogen and oxygen atoms in total. The summed E-state index contributed by atoms with van der Waals surface area (Å²) in [5.41, 5.74) is 1.61. The second kappa shape index (κ2) is 5.58. The molecule has 6 heteroatoms. The van der Waals surface area contributed by atoms with Gasteiger partial charge < -0.3 is 4.52 Å². The molecule has 1 atom stereocenters. The third kappa shape index (κ3) is 2.60. The largest absolute Gasteiger partial charge is 0.338 e. The smallest absolute Gasteiger partial charge is 0.234 e. The van der Waals surface area contributed by atoms with Gasteiger partial charge in [0.15, 0.2) is 0 Å². The van der Waals surface area contributed by atoms with Crippen LogP contribution in [0.5, 0.6) is 0 Å². The maximum absolute atomic E-state index is 11.9. The van der Waals surface area contributed by atoms with Crippen molar-refractivity contribution in [1.82, 2.24) is 5.16 Å². The van der Waals surface area contributed by atoms with Gasteiger partial charge in [0.1, 0.15) is 5.69 Å². The average molecular weight is 356 g/mol. The lowest BCUT2D eigenvalue weighted by atomic mass is 10.1. The van der Waals surface area contributed by atoms with E-state index in [0.717, 1.165) is 10.9 Å². The molecule has 104 valence electrons. The molecule has 1 unspecified atom stereocenters. The highest BCUT2D eigenvalue weighted by atomic mass is 79.9. The van der Waals surface area contributed by atoms with Gasteiger partial charge >= 0.3 is 0 Å². The van der Waals surface area contributed by atoms with Gasteiger partial charge in [-0.25, -0.2) is 0 Å². The van der Waals surface area contributed by atoms with Crippen molar-refractivity contribution >= 4 is 39.3 Å². The highest BCUT2D eigenvalue weighted by Gasteiger charge is 2.32. The SMILES string of the molecule is O=C1CC(CBr)CN1c1cc(-c2ccc(Cl)cc2)no1. The van der Waals surface area contributed by atoms with Gasteiger partial charge in [0, 0.05) is 34.9 Å². The van der Waals surface area contributed by atoms with E-state index in [2.05, 4.69) is 21.1 Å². The second-order valence-electron chi connectivity index (χ2n) is 4.79. The number of hydrogen-bond donors (Lipinski definition) is 0. The fourth-order valence-electron chi connectivity index (χ4n) is 2.25. The number of carbonyl (C=O) groups excluding carboxylic acids is 1. The van der Waals surface area contributed by atoms with Crippen LogP contribution < -0.4 is 4.90 Å². The van der Waals surface area contributed by atoms with Crippen LogP contribution in [-0.4, -0.2) is 22.9 Å². The minimum absolute atomic E-state index is 0.0771. The van der Waals surface area contributed by atoms with Crippen LogP contribution >= 0.6 is 27.5 Å². The molecular weight excluding hydrogens is 344 g/mol. The zero-order valence-electron chi connectivity index (χ0n) is 10.6. The van der Waals surface area contributed by atoms with Crippen LogP contribution in [0.15, 0.2) is 34.9 Å². The molecule has 2 aromatic rings. The van der Waals surface area contributed by atoms with Crippen molar-refractivity contribution < 1.29 is 9.32 Å². The van der Waals surface area contributed by atoms with Gasteiger partial charge in [-0.15, -0.1) is 0 Å². The maximum Gasteiger partial charge on any atom is 0.234 e. The second-order valence-corrected chi connectivity index (χ2v) is 5.87. The molecule has 2 heterocycles. The number of benzene rings is 1. The summed E-state index contributed by atoms with van der Waals surface area (Å²) in [6.07, 6.45) is 0.544. The van der Waals surface area contributed by atoms with Crippen molar-refractivity contribution in [3.63, 3.8) is 0 Å². The van der Waals surface area contributed by atoms with Gasteiger partial charge in [-0.2, -0.15) is 0 Å². The summed E-state index contributed by atoms with van der Waals surface area (Å²) in [6, 6.07) is 9.13. The lowest BCUT2D eigenvalue weighted by Gasteiger charge is -2.10. The Kier molecular flexibility index (Phi) is 3.81. The van der Waals surface area contributed by atoms with E-state index in [0.29, 0.717) is 35.5 Å². The third-order valence-electron chi connectivity index (χ3n) is 3.33. The van der Waals surface area contributed by atoms with Crippen LogP contribution in [0.25, 0.3) is 11.3 Å². The molecule has 1 aliphatic rings. The summed E-state index contributed by atoms with van der Waals surface area (Å²) in [4.78, 5) is 13.6. The number of carbonyl (C=O) groups is 1. The van der Waals surface area contributed by atoms with Gasteiger partial charge in [-0.1, -0.05) is 44.8 Å². The van der Waals surface area contributed by atoms with Crippen molar-refractivity contribution in [3.05, 3.63) is 35.4 Å². The van der Waals surface area contributed by atoms with E-state index in [1.54, 1.807) is 23.1 Å². The lowest BCUT2D eigenvalue weighted by Crippen LogP contribution is -2.24. The Balaban J connectivity index is 1.83. The molecule has 1 fully saturated rings. The molecule has 0 radical (unpaired) electrons. The first-order valence-corrected chi connectivity index (χ1v) is 7.76. The zero-order valence-corrected chi connectivity index (χ0v) is 12.9. The van der Waals surface area contributed by atoms with Crippen LogP contribution in [0.2, 0.25) is 5.02 Å². The average Bonchev–Trinajstić information content (AvgIpc) is 3.06. The van der Waals surface area contributed by atoms with Crippen molar-refractivity contribution in [2.45, 2.75) is 6.42 Å². The van der Waals surface area contributed by atoms with E-state index in [4.69, 9.17) is 16.1 Å². The van der Waals surface area contributed by atoms with Crippen LogP contribution in [-0.2, 0) is 4.79 Å². The van der Waals surface area contributed by atoms with Gasteiger partial charge in [0.2, 0.25) is 11.8 Å². The summed E-state index contributed by atoms with van der Waals surface area (Å²) in [5.74, 6) is 0.906. The normalized spacial score (nSPS) is 18.8. The topological polar surface area (TPSA) is 46.3 Å².